The van der Waals surface area contributed by atoms with Crippen LogP contribution < -0.4 is 10.5 Å². The smallest absolute Gasteiger partial charge is 0.240 e. The summed E-state index contributed by atoms with van der Waals surface area (Å²) in [6, 6.07) is 14.8. The van der Waals surface area contributed by atoms with E-state index in [9.17, 15) is 8.42 Å². The van der Waals surface area contributed by atoms with Crippen molar-refractivity contribution in [1.82, 2.24) is 4.72 Å². The first kappa shape index (κ1) is 15.7. The van der Waals surface area contributed by atoms with E-state index in [1.54, 1.807) is 24.3 Å². The summed E-state index contributed by atoms with van der Waals surface area (Å²) >= 11 is 0. The summed E-state index contributed by atoms with van der Waals surface area (Å²) in [5, 5.41) is 0. The van der Waals surface area contributed by atoms with Crippen LogP contribution in [0.2, 0.25) is 0 Å². The van der Waals surface area contributed by atoms with Gasteiger partial charge in [0.15, 0.2) is 0 Å². The molecule has 0 aliphatic heterocycles. The predicted molar refractivity (Wildman–Crippen MR) is 95.0 cm³/mol. The molecular formula is C19H22N2O2S. The quantitative estimate of drug-likeness (QED) is 0.843. The molecule has 1 saturated carbocycles. The molecule has 2 aromatic carbocycles. The number of fused-ring (bicyclic) bond motifs is 3. The van der Waals surface area contributed by atoms with Gasteiger partial charge in [0.05, 0.1) is 4.90 Å². The number of nitrogens with two attached hydrogens (primary N) is 1. The van der Waals surface area contributed by atoms with Crippen molar-refractivity contribution in [1.29, 1.82) is 0 Å². The molecule has 4 rings (SSSR count). The first-order chi connectivity index (χ1) is 11.5. The van der Waals surface area contributed by atoms with Gasteiger partial charge in [-0.05, 0) is 72.9 Å². The number of hydrogen-bond donors (Lipinski definition) is 2. The summed E-state index contributed by atoms with van der Waals surface area (Å²) in [4.78, 5) is 0.343. The topological polar surface area (TPSA) is 72.2 Å². The lowest BCUT2D eigenvalue weighted by Crippen LogP contribution is -2.41. The van der Waals surface area contributed by atoms with E-state index in [0.29, 0.717) is 16.7 Å². The minimum absolute atomic E-state index is 0.00355. The summed E-state index contributed by atoms with van der Waals surface area (Å²) < 4.78 is 28.5. The van der Waals surface area contributed by atoms with Crippen LogP contribution in [0.25, 0.3) is 0 Å². The van der Waals surface area contributed by atoms with Crippen LogP contribution in [0.4, 0.5) is 5.69 Å². The highest BCUT2D eigenvalue weighted by molar-refractivity contribution is 7.89. The molecule has 0 aromatic heterocycles. The first-order valence-electron chi connectivity index (χ1n) is 8.47. The maximum Gasteiger partial charge on any atom is 0.240 e. The van der Waals surface area contributed by atoms with Crippen LogP contribution in [0, 0.1) is 11.8 Å². The van der Waals surface area contributed by atoms with Gasteiger partial charge in [0.25, 0.3) is 0 Å². The maximum absolute atomic E-state index is 12.7. The van der Waals surface area contributed by atoms with E-state index in [-0.39, 0.29) is 6.04 Å². The van der Waals surface area contributed by atoms with E-state index >= 15 is 0 Å². The van der Waals surface area contributed by atoms with Crippen LogP contribution >= 0.6 is 0 Å². The molecule has 3 unspecified atom stereocenters. The van der Waals surface area contributed by atoms with E-state index in [0.717, 1.165) is 31.4 Å². The van der Waals surface area contributed by atoms with E-state index in [2.05, 4.69) is 16.9 Å². The third-order valence-electron chi connectivity index (χ3n) is 5.46. The number of nitrogen functional groups attached to an aromatic ring is 1. The number of anilines is 1. The molecule has 3 atom stereocenters. The fraction of sp³-hybridized carbons (Fsp3) is 0.368. The lowest BCUT2D eigenvalue weighted by atomic mass is 9.93. The lowest BCUT2D eigenvalue weighted by molar-refractivity contribution is 0.386. The number of rotatable bonds is 3. The highest BCUT2D eigenvalue weighted by atomic mass is 32.2. The third-order valence-corrected chi connectivity index (χ3v) is 6.94. The Hall–Kier alpha value is -1.85. The molecule has 0 saturated heterocycles. The Morgan fingerprint density at radius 1 is 0.917 bits per heavy atom. The molecule has 2 bridgehead atoms. The number of nitrogens with one attached hydrogen (secondary N) is 1. The van der Waals surface area contributed by atoms with E-state index in [4.69, 9.17) is 5.73 Å². The van der Waals surface area contributed by atoms with Crippen LogP contribution in [0.3, 0.4) is 0 Å². The minimum Gasteiger partial charge on any atom is -0.399 e. The summed E-state index contributed by atoms with van der Waals surface area (Å²) in [6.45, 7) is 0. The summed E-state index contributed by atoms with van der Waals surface area (Å²) in [5.41, 5.74) is 9.32. The van der Waals surface area contributed by atoms with Crippen molar-refractivity contribution in [2.24, 2.45) is 11.8 Å². The summed E-state index contributed by atoms with van der Waals surface area (Å²) in [7, 11) is -3.47. The van der Waals surface area contributed by atoms with E-state index < -0.39 is 10.0 Å². The maximum atomic E-state index is 12.7. The Morgan fingerprint density at radius 2 is 1.58 bits per heavy atom. The molecule has 126 valence electrons. The van der Waals surface area contributed by atoms with Crippen molar-refractivity contribution >= 4 is 15.7 Å². The summed E-state index contributed by atoms with van der Waals surface area (Å²) in [6.07, 6.45) is 3.98. The highest BCUT2D eigenvalue weighted by Crippen LogP contribution is 2.41. The van der Waals surface area contributed by atoms with Crippen molar-refractivity contribution in [2.45, 2.75) is 36.6 Å². The van der Waals surface area contributed by atoms with Gasteiger partial charge in [-0.3, -0.25) is 0 Å². The molecule has 3 N–H and O–H groups in total. The lowest BCUT2D eigenvalue weighted by Gasteiger charge is -2.23. The molecule has 0 heterocycles. The van der Waals surface area contributed by atoms with Crippen molar-refractivity contribution in [3.05, 3.63) is 59.7 Å². The van der Waals surface area contributed by atoms with Crippen LogP contribution in [-0.4, -0.2) is 14.5 Å². The van der Waals surface area contributed by atoms with Crippen molar-refractivity contribution in [2.75, 3.05) is 5.73 Å². The Morgan fingerprint density at radius 3 is 2.29 bits per heavy atom. The first-order valence-corrected chi connectivity index (χ1v) is 9.96. The van der Waals surface area contributed by atoms with Gasteiger partial charge < -0.3 is 5.73 Å². The van der Waals surface area contributed by atoms with Crippen molar-refractivity contribution in [3.8, 4) is 0 Å². The minimum atomic E-state index is -3.47. The third kappa shape index (κ3) is 2.82. The van der Waals surface area contributed by atoms with Crippen molar-refractivity contribution in [3.63, 3.8) is 0 Å². The van der Waals surface area contributed by atoms with Gasteiger partial charge in [0.2, 0.25) is 10.0 Å². The van der Waals surface area contributed by atoms with Crippen LogP contribution in [0.1, 0.15) is 24.0 Å². The van der Waals surface area contributed by atoms with Gasteiger partial charge >= 0.3 is 0 Å². The van der Waals surface area contributed by atoms with Gasteiger partial charge in [0.1, 0.15) is 0 Å². The molecular weight excluding hydrogens is 320 g/mol. The fourth-order valence-electron chi connectivity index (χ4n) is 4.27. The standard InChI is InChI=1S/C19H22N2O2S/c20-17-9-8-13-10-14-6-7-15(11-16(13)12-17)19(14)21-24(22,23)18-4-2-1-3-5-18/h1-5,8-9,12,14-15,19,21H,6-7,10-11,20H2. The van der Waals surface area contributed by atoms with Gasteiger partial charge in [-0.2, -0.15) is 0 Å². The zero-order chi connectivity index (χ0) is 16.7. The number of benzene rings is 2. The molecule has 2 aromatic rings. The summed E-state index contributed by atoms with van der Waals surface area (Å²) in [5.74, 6) is 0.704. The van der Waals surface area contributed by atoms with Crippen LogP contribution in [-0.2, 0) is 22.9 Å². The second-order valence-corrected chi connectivity index (χ2v) is 8.71. The van der Waals surface area contributed by atoms with Gasteiger partial charge in [-0.1, -0.05) is 24.3 Å². The average Bonchev–Trinajstić information content (AvgIpc) is 2.83. The van der Waals surface area contributed by atoms with E-state index in [1.165, 1.54) is 11.1 Å². The molecule has 0 spiro atoms. The molecule has 4 nitrogen and oxygen atoms in total. The SMILES string of the molecule is Nc1ccc2c(c1)CC1CCC(C2)C1NS(=O)(=O)c1ccccc1. The average molecular weight is 342 g/mol. The molecule has 2 aliphatic rings. The zero-order valence-electron chi connectivity index (χ0n) is 13.5. The highest BCUT2D eigenvalue weighted by Gasteiger charge is 2.41. The second-order valence-electron chi connectivity index (χ2n) is 6.99. The Bertz CT molecular complexity index is 849. The molecule has 1 fully saturated rings. The predicted octanol–water partition coefficient (Wildman–Crippen LogP) is 2.74. The second kappa shape index (κ2) is 5.90. The fourth-order valence-corrected chi connectivity index (χ4v) is 5.66. The Kier molecular flexibility index (Phi) is 3.85. The van der Waals surface area contributed by atoms with Gasteiger partial charge in [-0.15, -0.1) is 0 Å². The molecule has 24 heavy (non-hydrogen) atoms. The van der Waals surface area contributed by atoms with Gasteiger partial charge in [-0.25, -0.2) is 13.1 Å². The Labute approximate surface area is 143 Å². The number of sulfonamides is 1. The molecule has 2 aliphatic carbocycles. The van der Waals surface area contributed by atoms with Gasteiger partial charge in [0, 0.05) is 11.7 Å². The number of hydrogen-bond acceptors (Lipinski definition) is 3. The van der Waals surface area contributed by atoms with Crippen LogP contribution in [0.5, 0.6) is 0 Å². The van der Waals surface area contributed by atoms with E-state index in [1.807, 2.05) is 12.1 Å². The monoisotopic (exact) mass is 342 g/mol. The normalized spacial score (nSPS) is 25.9. The molecule has 5 heteroatoms. The Balaban J connectivity index is 1.62. The zero-order valence-corrected chi connectivity index (χ0v) is 14.3. The van der Waals surface area contributed by atoms with Crippen molar-refractivity contribution < 1.29 is 8.42 Å². The molecule has 0 amide bonds. The molecule has 0 radical (unpaired) electrons. The largest absolute Gasteiger partial charge is 0.399 e. The van der Waals surface area contributed by atoms with Crippen LogP contribution in [0.15, 0.2) is 53.4 Å².